The summed E-state index contributed by atoms with van der Waals surface area (Å²) in [7, 11) is 1.64. The summed E-state index contributed by atoms with van der Waals surface area (Å²) in [5.41, 5.74) is 3.68. The number of rotatable bonds is 7. The zero-order valence-electron chi connectivity index (χ0n) is 16.2. The van der Waals surface area contributed by atoms with Gasteiger partial charge in [-0.1, -0.05) is 12.1 Å². The van der Waals surface area contributed by atoms with Crippen LogP contribution in [0.25, 0.3) is 0 Å². The van der Waals surface area contributed by atoms with Crippen molar-refractivity contribution in [3.8, 4) is 11.5 Å². The van der Waals surface area contributed by atoms with Gasteiger partial charge in [0.2, 0.25) is 0 Å². The Kier molecular flexibility index (Phi) is 6.17. The predicted molar refractivity (Wildman–Crippen MR) is 113 cm³/mol. The van der Waals surface area contributed by atoms with Gasteiger partial charge in [-0.15, -0.1) is 0 Å². The van der Waals surface area contributed by atoms with Crippen molar-refractivity contribution in [3.63, 3.8) is 0 Å². The van der Waals surface area contributed by atoms with Crippen LogP contribution in [0, 0.1) is 6.92 Å². The maximum Gasteiger partial charge on any atom is 0.265 e. The van der Waals surface area contributed by atoms with E-state index in [4.69, 9.17) is 9.47 Å². The quantitative estimate of drug-likeness (QED) is 0.598. The van der Waals surface area contributed by atoms with Crippen molar-refractivity contribution in [3.05, 3.63) is 78.4 Å². The second-order valence-electron chi connectivity index (χ2n) is 6.50. The molecule has 0 aliphatic carbocycles. The van der Waals surface area contributed by atoms with Crippen LogP contribution in [0.15, 0.2) is 72.8 Å². The summed E-state index contributed by atoms with van der Waals surface area (Å²) in [6.45, 7) is 3.72. The second kappa shape index (κ2) is 8.95. The van der Waals surface area contributed by atoms with Crippen LogP contribution in [0.3, 0.4) is 0 Å². The third-order valence-corrected chi connectivity index (χ3v) is 4.20. The number of carbonyl (C=O) groups excluding carboxylic acids is 1. The normalized spacial score (nSPS) is 11.4. The Morgan fingerprint density at radius 1 is 0.857 bits per heavy atom. The van der Waals surface area contributed by atoms with Crippen LogP contribution in [0.5, 0.6) is 11.5 Å². The highest BCUT2D eigenvalue weighted by Gasteiger charge is 2.15. The maximum atomic E-state index is 12.4. The molecular formula is C23H24N2O3. The molecule has 0 spiro atoms. The van der Waals surface area contributed by atoms with Crippen molar-refractivity contribution < 1.29 is 14.3 Å². The molecule has 0 heterocycles. The smallest absolute Gasteiger partial charge is 0.265 e. The van der Waals surface area contributed by atoms with Crippen molar-refractivity contribution in [1.82, 2.24) is 0 Å². The minimum absolute atomic E-state index is 0.197. The fourth-order valence-corrected chi connectivity index (χ4v) is 2.67. The molecular weight excluding hydrogens is 352 g/mol. The van der Waals surface area contributed by atoms with Gasteiger partial charge in [0.05, 0.1) is 7.11 Å². The lowest BCUT2D eigenvalue weighted by atomic mass is 10.2. The van der Waals surface area contributed by atoms with Gasteiger partial charge in [-0.2, -0.15) is 0 Å². The molecule has 0 bridgehead atoms. The second-order valence-corrected chi connectivity index (χ2v) is 6.50. The van der Waals surface area contributed by atoms with E-state index in [1.54, 1.807) is 14.0 Å². The number of amides is 1. The molecule has 28 heavy (non-hydrogen) atoms. The van der Waals surface area contributed by atoms with Gasteiger partial charge in [-0.3, -0.25) is 4.79 Å². The molecule has 144 valence electrons. The Morgan fingerprint density at radius 2 is 1.46 bits per heavy atom. The van der Waals surface area contributed by atoms with Gasteiger partial charge in [0.15, 0.2) is 6.10 Å². The molecule has 0 aliphatic rings. The van der Waals surface area contributed by atoms with Crippen LogP contribution < -0.4 is 20.1 Å². The van der Waals surface area contributed by atoms with Crippen LogP contribution in [-0.4, -0.2) is 19.1 Å². The molecule has 3 aromatic carbocycles. The Hall–Kier alpha value is -3.47. The Bertz CT molecular complexity index is 921. The zero-order chi connectivity index (χ0) is 19.9. The maximum absolute atomic E-state index is 12.4. The minimum Gasteiger partial charge on any atom is -0.497 e. The summed E-state index contributed by atoms with van der Waals surface area (Å²) >= 11 is 0. The molecule has 0 radical (unpaired) electrons. The number of carbonyl (C=O) groups is 1. The van der Waals surface area contributed by atoms with Gasteiger partial charge in [-0.05, 0) is 80.1 Å². The van der Waals surface area contributed by atoms with Crippen molar-refractivity contribution in [2.75, 3.05) is 17.7 Å². The number of hydrogen-bond donors (Lipinski definition) is 2. The highest BCUT2D eigenvalue weighted by molar-refractivity contribution is 5.94. The van der Waals surface area contributed by atoms with E-state index in [1.807, 2.05) is 79.7 Å². The van der Waals surface area contributed by atoms with Crippen LogP contribution in [0.1, 0.15) is 12.5 Å². The lowest BCUT2D eigenvalue weighted by Crippen LogP contribution is -2.30. The summed E-state index contributed by atoms with van der Waals surface area (Å²) in [5.74, 6) is 1.30. The molecule has 2 N–H and O–H groups in total. The molecule has 3 rings (SSSR count). The first-order valence-electron chi connectivity index (χ1n) is 9.09. The molecule has 1 amide bonds. The van der Waals surface area contributed by atoms with Gasteiger partial charge in [0, 0.05) is 17.1 Å². The molecule has 1 atom stereocenters. The average molecular weight is 376 g/mol. The first-order chi connectivity index (χ1) is 13.5. The molecule has 5 heteroatoms. The van der Waals surface area contributed by atoms with Crippen LogP contribution in [-0.2, 0) is 4.79 Å². The van der Waals surface area contributed by atoms with Gasteiger partial charge < -0.3 is 20.1 Å². The molecule has 3 aromatic rings. The average Bonchev–Trinajstić information content (AvgIpc) is 2.70. The molecule has 0 aromatic heterocycles. The first-order valence-corrected chi connectivity index (χ1v) is 9.09. The highest BCUT2D eigenvalue weighted by Crippen LogP contribution is 2.21. The minimum atomic E-state index is -0.598. The number of anilines is 3. The molecule has 0 fully saturated rings. The molecule has 0 saturated heterocycles. The van der Waals surface area contributed by atoms with Gasteiger partial charge >= 0.3 is 0 Å². The van der Waals surface area contributed by atoms with Gasteiger partial charge in [-0.25, -0.2) is 0 Å². The molecule has 0 aliphatic heterocycles. The van der Waals surface area contributed by atoms with E-state index in [2.05, 4.69) is 10.6 Å². The molecule has 1 unspecified atom stereocenters. The Labute approximate surface area is 165 Å². The number of benzene rings is 3. The SMILES string of the molecule is COc1ccc(Nc2ccc(NC(=O)C(C)Oc3cccc(C)c3)cc2)cc1. The number of methoxy groups -OCH3 is 1. The van der Waals surface area contributed by atoms with Crippen molar-refractivity contribution in [1.29, 1.82) is 0 Å². The van der Waals surface area contributed by atoms with E-state index in [0.717, 1.165) is 22.7 Å². The third-order valence-electron chi connectivity index (χ3n) is 4.20. The van der Waals surface area contributed by atoms with Gasteiger partial charge in [0.25, 0.3) is 5.91 Å². The third kappa shape index (κ3) is 5.27. The number of nitrogens with one attached hydrogen (secondary N) is 2. The van der Waals surface area contributed by atoms with Crippen molar-refractivity contribution >= 4 is 23.0 Å². The monoisotopic (exact) mass is 376 g/mol. The number of ether oxygens (including phenoxy) is 2. The Morgan fingerprint density at radius 3 is 2.07 bits per heavy atom. The summed E-state index contributed by atoms with van der Waals surface area (Å²) in [4.78, 5) is 12.4. The predicted octanol–water partition coefficient (Wildman–Crippen LogP) is 5.15. The van der Waals surface area contributed by atoms with E-state index in [9.17, 15) is 4.79 Å². The molecule has 0 saturated carbocycles. The lowest BCUT2D eigenvalue weighted by Gasteiger charge is -2.15. The standard InChI is InChI=1S/C23H24N2O3/c1-16-5-4-6-22(15-16)28-17(2)23(26)25-20-9-7-18(8-10-20)24-19-11-13-21(27-3)14-12-19/h4-15,17,24H,1-3H3,(H,25,26). The van der Waals surface area contributed by atoms with Crippen LogP contribution >= 0.6 is 0 Å². The van der Waals surface area contributed by atoms with E-state index >= 15 is 0 Å². The number of aryl methyl sites for hydroxylation is 1. The van der Waals surface area contributed by atoms with Gasteiger partial charge in [0.1, 0.15) is 11.5 Å². The molecule has 5 nitrogen and oxygen atoms in total. The fraction of sp³-hybridized carbons (Fsp3) is 0.174. The van der Waals surface area contributed by atoms with E-state index in [0.29, 0.717) is 11.4 Å². The first kappa shape index (κ1) is 19.3. The summed E-state index contributed by atoms with van der Waals surface area (Å²) in [5, 5.41) is 6.18. The lowest BCUT2D eigenvalue weighted by molar-refractivity contribution is -0.122. The zero-order valence-corrected chi connectivity index (χ0v) is 16.2. The summed E-state index contributed by atoms with van der Waals surface area (Å²) in [6, 6.07) is 22.8. The summed E-state index contributed by atoms with van der Waals surface area (Å²) in [6.07, 6.45) is -0.598. The summed E-state index contributed by atoms with van der Waals surface area (Å²) < 4.78 is 10.9. The topological polar surface area (TPSA) is 59.6 Å². The van der Waals surface area contributed by atoms with Crippen LogP contribution in [0.4, 0.5) is 17.1 Å². The van der Waals surface area contributed by atoms with E-state index in [1.165, 1.54) is 0 Å². The van der Waals surface area contributed by atoms with Crippen molar-refractivity contribution in [2.45, 2.75) is 20.0 Å². The van der Waals surface area contributed by atoms with E-state index < -0.39 is 6.10 Å². The van der Waals surface area contributed by atoms with E-state index in [-0.39, 0.29) is 5.91 Å². The Balaban J connectivity index is 1.56. The van der Waals surface area contributed by atoms with Crippen LogP contribution in [0.2, 0.25) is 0 Å². The number of hydrogen-bond acceptors (Lipinski definition) is 4. The fourth-order valence-electron chi connectivity index (χ4n) is 2.67. The highest BCUT2D eigenvalue weighted by atomic mass is 16.5. The van der Waals surface area contributed by atoms with Crippen molar-refractivity contribution in [2.24, 2.45) is 0 Å². The largest absolute Gasteiger partial charge is 0.497 e.